The Morgan fingerprint density at radius 3 is 2.80 bits per heavy atom. The zero-order valence-electron chi connectivity index (χ0n) is 11.9. The fourth-order valence-electron chi connectivity index (χ4n) is 2.01. The van der Waals surface area contributed by atoms with E-state index in [1.807, 2.05) is 50.4 Å². The first kappa shape index (κ1) is 14.1. The Labute approximate surface area is 118 Å². The van der Waals surface area contributed by atoms with Crippen molar-refractivity contribution in [2.45, 2.75) is 19.9 Å². The lowest BCUT2D eigenvalue weighted by molar-refractivity contribution is 0.0601. The summed E-state index contributed by atoms with van der Waals surface area (Å²) in [5, 5.41) is 3.33. The second-order valence-electron chi connectivity index (χ2n) is 4.69. The van der Waals surface area contributed by atoms with Gasteiger partial charge >= 0.3 is 5.97 Å². The molecule has 2 aromatic rings. The van der Waals surface area contributed by atoms with E-state index in [2.05, 4.69) is 10.3 Å². The number of benzene rings is 1. The van der Waals surface area contributed by atoms with E-state index in [1.54, 1.807) is 6.20 Å². The number of nitrogens with zero attached hydrogens (tertiary/aromatic N) is 1. The molecule has 0 aliphatic heterocycles. The van der Waals surface area contributed by atoms with Crippen LogP contribution < -0.4 is 5.32 Å². The molecule has 2 rings (SSSR count). The van der Waals surface area contributed by atoms with Crippen molar-refractivity contribution in [3.63, 3.8) is 0 Å². The molecule has 1 unspecified atom stereocenters. The number of rotatable bonds is 4. The van der Waals surface area contributed by atoms with Gasteiger partial charge in [0.2, 0.25) is 0 Å². The fourth-order valence-corrected chi connectivity index (χ4v) is 2.01. The van der Waals surface area contributed by atoms with Crippen LogP contribution in [0.25, 0.3) is 0 Å². The molecule has 0 amide bonds. The minimum Gasteiger partial charge on any atom is -0.465 e. The average molecular weight is 270 g/mol. The highest BCUT2D eigenvalue weighted by atomic mass is 16.5. The van der Waals surface area contributed by atoms with Crippen LogP contribution in [0.5, 0.6) is 0 Å². The van der Waals surface area contributed by atoms with Crippen LogP contribution in [0.2, 0.25) is 0 Å². The number of esters is 1. The van der Waals surface area contributed by atoms with Crippen LogP contribution in [0.4, 0.5) is 5.69 Å². The number of ether oxygens (including phenoxy) is 1. The van der Waals surface area contributed by atoms with E-state index in [0.29, 0.717) is 5.56 Å². The topological polar surface area (TPSA) is 51.2 Å². The minimum absolute atomic E-state index is 0.0508. The van der Waals surface area contributed by atoms with Crippen molar-refractivity contribution in [3.05, 3.63) is 59.4 Å². The maximum absolute atomic E-state index is 11.8. The van der Waals surface area contributed by atoms with Crippen molar-refractivity contribution in [2.75, 3.05) is 12.4 Å². The Hall–Kier alpha value is -2.36. The smallest absolute Gasteiger partial charge is 0.339 e. The largest absolute Gasteiger partial charge is 0.465 e. The van der Waals surface area contributed by atoms with Crippen LogP contribution in [0.1, 0.15) is 34.5 Å². The summed E-state index contributed by atoms with van der Waals surface area (Å²) in [5.74, 6) is -0.338. The van der Waals surface area contributed by atoms with Crippen LogP contribution >= 0.6 is 0 Å². The number of hydrogen-bond donors (Lipinski definition) is 1. The van der Waals surface area contributed by atoms with Crippen molar-refractivity contribution in [3.8, 4) is 0 Å². The highest BCUT2D eigenvalue weighted by Gasteiger charge is 2.14. The van der Waals surface area contributed by atoms with E-state index < -0.39 is 0 Å². The van der Waals surface area contributed by atoms with Gasteiger partial charge in [-0.15, -0.1) is 0 Å². The number of aromatic nitrogens is 1. The molecule has 0 aliphatic carbocycles. The molecular weight excluding hydrogens is 252 g/mol. The minimum atomic E-state index is -0.338. The summed E-state index contributed by atoms with van der Waals surface area (Å²) in [6, 6.07) is 9.62. The first-order valence-corrected chi connectivity index (χ1v) is 6.47. The van der Waals surface area contributed by atoms with E-state index in [4.69, 9.17) is 4.74 Å². The number of anilines is 1. The van der Waals surface area contributed by atoms with Crippen LogP contribution in [-0.4, -0.2) is 18.1 Å². The van der Waals surface area contributed by atoms with E-state index in [-0.39, 0.29) is 12.0 Å². The maximum Gasteiger partial charge on any atom is 0.339 e. The molecule has 20 heavy (non-hydrogen) atoms. The van der Waals surface area contributed by atoms with Gasteiger partial charge in [0.05, 0.1) is 18.7 Å². The van der Waals surface area contributed by atoms with Gasteiger partial charge in [0.1, 0.15) is 0 Å². The third kappa shape index (κ3) is 3.15. The molecule has 0 radical (unpaired) electrons. The molecule has 4 nitrogen and oxygen atoms in total. The van der Waals surface area contributed by atoms with Crippen LogP contribution in [-0.2, 0) is 4.74 Å². The Morgan fingerprint density at radius 2 is 2.15 bits per heavy atom. The number of carbonyl (C=O) groups excluding carboxylic acids is 1. The molecule has 1 N–H and O–H groups in total. The van der Waals surface area contributed by atoms with Crippen molar-refractivity contribution < 1.29 is 9.53 Å². The van der Waals surface area contributed by atoms with Crippen molar-refractivity contribution >= 4 is 11.7 Å². The summed E-state index contributed by atoms with van der Waals surface area (Å²) in [6.45, 7) is 3.97. The first-order valence-electron chi connectivity index (χ1n) is 6.47. The zero-order chi connectivity index (χ0) is 14.5. The molecule has 0 saturated heterocycles. The molecule has 0 bridgehead atoms. The molecule has 0 fully saturated rings. The monoisotopic (exact) mass is 270 g/mol. The van der Waals surface area contributed by atoms with Gasteiger partial charge in [0, 0.05) is 18.1 Å². The molecule has 1 atom stereocenters. The number of aryl methyl sites for hydroxylation is 1. The second kappa shape index (κ2) is 6.19. The third-order valence-corrected chi connectivity index (χ3v) is 3.14. The zero-order valence-corrected chi connectivity index (χ0v) is 11.9. The summed E-state index contributed by atoms with van der Waals surface area (Å²) in [5.41, 5.74) is 3.39. The van der Waals surface area contributed by atoms with Crippen LogP contribution in [0.15, 0.2) is 42.7 Å². The molecule has 4 heteroatoms. The van der Waals surface area contributed by atoms with Gasteiger partial charge in [0.25, 0.3) is 0 Å². The number of nitrogens with one attached hydrogen (secondary N) is 1. The van der Waals surface area contributed by atoms with Gasteiger partial charge in [-0.3, -0.25) is 4.98 Å². The van der Waals surface area contributed by atoms with E-state index >= 15 is 0 Å². The van der Waals surface area contributed by atoms with Gasteiger partial charge in [-0.2, -0.15) is 0 Å². The van der Waals surface area contributed by atoms with Crippen LogP contribution in [0, 0.1) is 6.92 Å². The average Bonchev–Trinajstić information content (AvgIpc) is 2.49. The molecule has 0 saturated carbocycles. The predicted octanol–water partition coefficient (Wildman–Crippen LogP) is 3.35. The summed E-state index contributed by atoms with van der Waals surface area (Å²) in [4.78, 5) is 15.9. The lowest BCUT2D eigenvalue weighted by Crippen LogP contribution is -2.12. The summed E-state index contributed by atoms with van der Waals surface area (Å²) < 4.78 is 4.83. The number of methoxy groups -OCH3 is 1. The Morgan fingerprint density at radius 1 is 1.35 bits per heavy atom. The van der Waals surface area contributed by atoms with E-state index in [1.165, 1.54) is 7.11 Å². The van der Waals surface area contributed by atoms with Gasteiger partial charge < -0.3 is 10.1 Å². The molecule has 104 valence electrons. The highest BCUT2D eigenvalue weighted by Crippen LogP contribution is 2.23. The quantitative estimate of drug-likeness (QED) is 0.866. The third-order valence-electron chi connectivity index (χ3n) is 3.14. The first-order chi connectivity index (χ1) is 9.61. The highest BCUT2D eigenvalue weighted by molar-refractivity contribution is 5.95. The summed E-state index contributed by atoms with van der Waals surface area (Å²) in [6.07, 6.45) is 3.55. The van der Waals surface area contributed by atoms with Gasteiger partial charge in [-0.25, -0.2) is 4.79 Å². The molecule has 1 aromatic heterocycles. The summed E-state index contributed by atoms with van der Waals surface area (Å²) >= 11 is 0. The predicted molar refractivity (Wildman–Crippen MR) is 78.8 cm³/mol. The standard InChI is InChI=1S/C16H18N2O2/c1-11-6-7-15(14(9-11)16(19)20-3)18-12(2)13-5-4-8-17-10-13/h4-10,12,18H,1-3H3. The molecular formula is C16H18N2O2. The normalized spacial score (nSPS) is 11.8. The molecule has 1 aromatic carbocycles. The van der Waals surface area contributed by atoms with Crippen LogP contribution in [0.3, 0.4) is 0 Å². The lowest BCUT2D eigenvalue weighted by atomic mass is 10.1. The van der Waals surface area contributed by atoms with Crippen molar-refractivity contribution in [1.82, 2.24) is 4.98 Å². The lowest BCUT2D eigenvalue weighted by Gasteiger charge is -2.17. The van der Waals surface area contributed by atoms with Gasteiger partial charge in [-0.05, 0) is 37.6 Å². The fraction of sp³-hybridized carbons (Fsp3) is 0.250. The summed E-state index contributed by atoms with van der Waals surface area (Å²) in [7, 11) is 1.39. The SMILES string of the molecule is COC(=O)c1cc(C)ccc1NC(C)c1cccnc1. The Kier molecular flexibility index (Phi) is 4.35. The Bertz CT molecular complexity index is 597. The van der Waals surface area contributed by atoms with Crippen molar-refractivity contribution in [2.24, 2.45) is 0 Å². The molecule has 0 spiro atoms. The number of carbonyl (C=O) groups is 1. The molecule has 1 heterocycles. The number of hydrogen-bond acceptors (Lipinski definition) is 4. The van der Waals surface area contributed by atoms with Gasteiger partial charge in [0.15, 0.2) is 0 Å². The Balaban J connectivity index is 2.27. The second-order valence-corrected chi connectivity index (χ2v) is 4.69. The maximum atomic E-state index is 11.8. The van der Waals surface area contributed by atoms with E-state index in [0.717, 1.165) is 16.8 Å². The van der Waals surface area contributed by atoms with E-state index in [9.17, 15) is 4.79 Å². The van der Waals surface area contributed by atoms with Gasteiger partial charge in [-0.1, -0.05) is 17.7 Å². The molecule has 0 aliphatic rings. The van der Waals surface area contributed by atoms with Crippen molar-refractivity contribution in [1.29, 1.82) is 0 Å². The number of pyridine rings is 1.